The van der Waals surface area contributed by atoms with Crippen molar-refractivity contribution in [2.45, 2.75) is 25.1 Å². The van der Waals surface area contributed by atoms with Gasteiger partial charge in [0.05, 0.1) is 17.4 Å². The van der Waals surface area contributed by atoms with Crippen LogP contribution >= 0.6 is 0 Å². The first-order chi connectivity index (χ1) is 11.1. The van der Waals surface area contributed by atoms with Gasteiger partial charge in [-0.2, -0.15) is 13.2 Å². The normalized spacial score (nSPS) is 15.8. The molecule has 0 aliphatic heterocycles. The highest BCUT2D eigenvalue weighted by Crippen LogP contribution is 2.37. The third-order valence-corrected chi connectivity index (χ3v) is 4.04. The lowest BCUT2D eigenvalue weighted by Gasteiger charge is -2.23. The van der Waals surface area contributed by atoms with Crippen LogP contribution in [0.15, 0.2) is 18.2 Å². The van der Waals surface area contributed by atoms with Gasteiger partial charge in [0, 0.05) is 33.4 Å². The summed E-state index contributed by atoms with van der Waals surface area (Å²) in [5, 5.41) is 12.1. The molecule has 0 radical (unpaired) electrons. The molecule has 0 saturated heterocycles. The molecule has 2 N–H and O–H groups in total. The van der Waals surface area contributed by atoms with Crippen molar-refractivity contribution in [2.75, 3.05) is 37.9 Å². The lowest BCUT2D eigenvalue weighted by Crippen LogP contribution is -2.38. The van der Waals surface area contributed by atoms with Crippen molar-refractivity contribution in [3.63, 3.8) is 0 Å². The Hall–Kier alpha value is -1.96. The Morgan fingerprint density at radius 2 is 1.96 bits per heavy atom. The molecule has 1 unspecified atom stereocenters. The van der Waals surface area contributed by atoms with Crippen molar-refractivity contribution < 1.29 is 23.1 Å². The molecule has 2 amide bonds. The van der Waals surface area contributed by atoms with Gasteiger partial charge < -0.3 is 20.2 Å². The second-order valence-corrected chi connectivity index (χ2v) is 6.34. The van der Waals surface area contributed by atoms with Crippen molar-refractivity contribution in [3.05, 3.63) is 23.8 Å². The van der Waals surface area contributed by atoms with Crippen molar-refractivity contribution in [1.29, 1.82) is 0 Å². The quantitative estimate of drug-likeness (QED) is 0.863. The number of aliphatic hydroxyl groups excluding tert-OH is 1. The molecule has 1 atom stereocenters. The Bertz CT molecular complexity index is 601. The fraction of sp³-hybridized carbons (Fsp3) is 0.562. The molecule has 5 nitrogen and oxygen atoms in total. The number of likely N-dealkylation sites (N-methyl/N-ethyl adjacent to an activating group) is 1. The maximum absolute atomic E-state index is 13.2. The lowest BCUT2D eigenvalue weighted by atomic mass is 10.1. The number of nitrogens with zero attached hydrogens (tertiary/aromatic N) is 2. The molecule has 1 aliphatic rings. The Morgan fingerprint density at radius 1 is 1.33 bits per heavy atom. The first-order valence-electron chi connectivity index (χ1n) is 7.68. The van der Waals surface area contributed by atoms with E-state index in [-0.39, 0.29) is 18.2 Å². The number of rotatable bonds is 5. The first-order valence-corrected chi connectivity index (χ1v) is 7.68. The number of hydrogen-bond acceptors (Lipinski definition) is 3. The summed E-state index contributed by atoms with van der Waals surface area (Å²) in [4.78, 5) is 14.9. The lowest BCUT2D eigenvalue weighted by molar-refractivity contribution is -0.136. The molecular formula is C16H22F3N3O2. The van der Waals surface area contributed by atoms with Gasteiger partial charge in [0.25, 0.3) is 0 Å². The molecule has 1 fully saturated rings. The molecule has 1 aromatic rings. The predicted octanol–water partition coefficient (Wildman–Crippen LogP) is 3.01. The number of anilines is 2. The van der Waals surface area contributed by atoms with Crippen LogP contribution in [0.2, 0.25) is 0 Å². The van der Waals surface area contributed by atoms with E-state index in [1.807, 2.05) is 0 Å². The van der Waals surface area contributed by atoms with Crippen LogP contribution in [0.25, 0.3) is 0 Å². The molecule has 1 aliphatic carbocycles. The van der Waals surface area contributed by atoms with Crippen LogP contribution in [0, 0.1) is 5.92 Å². The summed E-state index contributed by atoms with van der Waals surface area (Å²) in [6, 6.07) is 3.05. The van der Waals surface area contributed by atoms with Crippen LogP contribution in [0.4, 0.5) is 29.3 Å². The van der Waals surface area contributed by atoms with Gasteiger partial charge in [-0.3, -0.25) is 0 Å². The Labute approximate surface area is 139 Å². The molecule has 24 heavy (non-hydrogen) atoms. The molecule has 1 saturated carbocycles. The summed E-state index contributed by atoms with van der Waals surface area (Å²) < 4.78 is 39.7. The fourth-order valence-corrected chi connectivity index (χ4v) is 2.36. The Morgan fingerprint density at radius 3 is 2.46 bits per heavy atom. The fourth-order valence-electron chi connectivity index (χ4n) is 2.36. The number of nitrogens with one attached hydrogen (secondary N) is 1. The van der Waals surface area contributed by atoms with Crippen LogP contribution in [-0.2, 0) is 6.18 Å². The topological polar surface area (TPSA) is 55.8 Å². The van der Waals surface area contributed by atoms with Crippen LogP contribution in [0.5, 0.6) is 0 Å². The van der Waals surface area contributed by atoms with E-state index in [2.05, 4.69) is 5.32 Å². The number of alkyl halides is 3. The number of carbonyl (C=O) groups is 1. The predicted molar refractivity (Wildman–Crippen MR) is 86.2 cm³/mol. The second-order valence-electron chi connectivity index (χ2n) is 6.34. The van der Waals surface area contributed by atoms with Gasteiger partial charge in [0.2, 0.25) is 0 Å². The van der Waals surface area contributed by atoms with Gasteiger partial charge in [0.15, 0.2) is 0 Å². The second kappa shape index (κ2) is 6.88. The van der Waals surface area contributed by atoms with Crippen molar-refractivity contribution in [1.82, 2.24) is 4.90 Å². The average molecular weight is 345 g/mol. The minimum Gasteiger partial charge on any atom is -0.391 e. The zero-order valence-corrected chi connectivity index (χ0v) is 13.9. The summed E-state index contributed by atoms with van der Waals surface area (Å²) in [5.41, 5.74) is -0.818. The Balaban J connectivity index is 2.13. The van der Waals surface area contributed by atoms with Crippen LogP contribution < -0.4 is 10.2 Å². The third kappa shape index (κ3) is 4.53. The molecule has 1 aromatic carbocycles. The monoisotopic (exact) mass is 345 g/mol. The summed E-state index contributed by atoms with van der Waals surface area (Å²) in [6.45, 7) is 0.0909. The molecule has 134 valence electrons. The zero-order chi connectivity index (χ0) is 18.1. The van der Waals surface area contributed by atoms with Crippen LogP contribution in [0.1, 0.15) is 18.4 Å². The van der Waals surface area contributed by atoms with E-state index in [0.29, 0.717) is 5.69 Å². The summed E-state index contributed by atoms with van der Waals surface area (Å²) in [6.07, 6.45) is -3.39. The number of aliphatic hydroxyl groups is 1. The molecule has 0 bridgehead atoms. The maximum atomic E-state index is 13.2. The number of benzene rings is 1. The summed E-state index contributed by atoms with van der Waals surface area (Å²) in [5.74, 6) is 0.186. The van der Waals surface area contributed by atoms with Gasteiger partial charge >= 0.3 is 12.2 Å². The van der Waals surface area contributed by atoms with E-state index >= 15 is 0 Å². The molecular weight excluding hydrogens is 323 g/mol. The summed E-state index contributed by atoms with van der Waals surface area (Å²) in [7, 11) is 4.73. The maximum Gasteiger partial charge on any atom is 0.418 e. The van der Waals surface area contributed by atoms with Crippen LogP contribution in [0.3, 0.4) is 0 Å². The van der Waals surface area contributed by atoms with E-state index in [9.17, 15) is 23.1 Å². The highest BCUT2D eigenvalue weighted by Gasteiger charge is 2.35. The molecule has 2 rings (SSSR count). The first kappa shape index (κ1) is 18.4. The van der Waals surface area contributed by atoms with Crippen molar-refractivity contribution in [2.24, 2.45) is 5.92 Å². The minimum absolute atomic E-state index is 0.0909. The number of carbonyl (C=O) groups excluding carboxylic acids is 1. The SMILES string of the molecule is CN(CC(O)C1CC1)C(=O)Nc1ccc(N(C)C)cc1C(F)(F)F. The number of amides is 2. The largest absolute Gasteiger partial charge is 0.418 e. The highest BCUT2D eigenvalue weighted by atomic mass is 19.4. The number of hydrogen-bond donors (Lipinski definition) is 2. The van der Waals surface area contributed by atoms with Crippen molar-refractivity contribution >= 4 is 17.4 Å². The molecule has 0 heterocycles. The van der Waals surface area contributed by atoms with E-state index in [1.165, 1.54) is 24.1 Å². The smallest absolute Gasteiger partial charge is 0.391 e. The van der Waals surface area contributed by atoms with Gasteiger partial charge in [-0.05, 0) is 37.0 Å². The van der Waals surface area contributed by atoms with Gasteiger partial charge in [-0.15, -0.1) is 0 Å². The van der Waals surface area contributed by atoms with Crippen LogP contribution in [-0.4, -0.2) is 49.8 Å². The van der Waals surface area contributed by atoms with E-state index in [4.69, 9.17) is 0 Å². The molecule has 0 aromatic heterocycles. The Kier molecular flexibility index (Phi) is 5.27. The number of halogens is 3. The summed E-state index contributed by atoms with van der Waals surface area (Å²) >= 11 is 0. The van der Waals surface area contributed by atoms with Crippen molar-refractivity contribution in [3.8, 4) is 0 Å². The standard InChI is InChI=1S/C16H22F3N3O2/c1-21(2)11-6-7-13(12(8-11)16(17,18)19)20-15(24)22(3)9-14(23)10-4-5-10/h6-8,10,14,23H,4-5,9H2,1-3H3,(H,20,24). The van der Waals surface area contributed by atoms with E-state index in [0.717, 1.165) is 18.9 Å². The zero-order valence-electron chi connectivity index (χ0n) is 13.9. The van der Waals surface area contributed by atoms with Gasteiger partial charge in [-0.25, -0.2) is 4.79 Å². The molecule has 0 spiro atoms. The van der Waals surface area contributed by atoms with Gasteiger partial charge in [-0.1, -0.05) is 0 Å². The van der Waals surface area contributed by atoms with E-state index in [1.54, 1.807) is 19.0 Å². The highest BCUT2D eigenvalue weighted by molar-refractivity contribution is 5.90. The van der Waals surface area contributed by atoms with Gasteiger partial charge in [0.1, 0.15) is 0 Å². The third-order valence-electron chi connectivity index (χ3n) is 4.04. The van der Waals surface area contributed by atoms with E-state index < -0.39 is 23.9 Å². The minimum atomic E-state index is -4.58. The molecule has 8 heteroatoms. The average Bonchev–Trinajstić information content (AvgIpc) is 3.30. The number of urea groups is 1.